The van der Waals surface area contributed by atoms with Crippen LogP contribution in [-0.4, -0.2) is 55.3 Å². The fourth-order valence-electron chi connectivity index (χ4n) is 3.02. The number of benzene rings is 1. The van der Waals surface area contributed by atoms with E-state index in [-0.39, 0.29) is 12.0 Å². The molecule has 0 spiro atoms. The number of carbonyl (C=O) groups is 1. The maximum absolute atomic E-state index is 12.7. The number of hydrogen-bond donors (Lipinski definition) is 0. The molecular weight excluding hydrogens is 332 g/mol. The Labute approximate surface area is 153 Å². The van der Waals surface area contributed by atoms with Crippen LogP contribution < -0.4 is 9.47 Å². The number of carbonyl (C=O) groups excluding carboxylic acids is 1. The summed E-state index contributed by atoms with van der Waals surface area (Å²) in [5, 5.41) is 0. The molecule has 6 heteroatoms. The smallest absolute Gasteiger partial charge is 0.257 e. The molecule has 0 bridgehead atoms. The Bertz CT molecular complexity index is 700. The molecule has 0 N–H and O–H groups in total. The number of ether oxygens (including phenoxy) is 3. The average molecular weight is 356 g/mol. The van der Waals surface area contributed by atoms with Crippen LogP contribution in [0.4, 0.5) is 0 Å². The fraction of sp³-hybridized carbons (Fsp3) is 0.400. The summed E-state index contributed by atoms with van der Waals surface area (Å²) in [7, 11) is 1.58. The highest BCUT2D eigenvalue weighted by molar-refractivity contribution is 5.97. The first-order valence-corrected chi connectivity index (χ1v) is 8.84. The number of likely N-dealkylation sites (tertiary alicyclic amines) is 1. The van der Waals surface area contributed by atoms with Crippen LogP contribution in [0, 0.1) is 0 Å². The van der Waals surface area contributed by atoms with E-state index in [9.17, 15) is 4.79 Å². The molecule has 1 aromatic heterocycles. The summed E-state index contributed by atoms with van der Waals surface area (Å²) in [4.78, 5) is 18.6. The summed E-state index contributed by atoms with van der Waals surface area (Å²) >= 11 is 0. The lowest BCUT2D eigenvalue weighted by molar-refractivity contribution is -0.00246. The predicted octanol–water partition coefficient (Wildman–Crippen LogP) is 2.79. The summed E-state index contributed by atoms with van der Waals surface area (Å²) in [6, 6.07) is 11.0. The van der Waals surface area contributed by atoms with Gasteiger partial charge in [-0.25, -0.2) is 0 Å². The molecule has 26 heavy (non-hydrogen) atoms. The molecule has 1 saturated heterocycles. The Hall–Kier alpha value is -2.60. The Balaban J connectivity index is 1.40. The van der Waals surface area contributed by atoms with Crippen LogP contribution in [0.5, 0.6) is 11.5 Å². The SMILES string of the molecule is COc1ccccc1C(=O)N1CCC(OCCOc2cccnc2)CC1. The summed E-state index contributed by atoms with van der Waals surface area (Å²) in [5.74, 6) is 1.37. The predicted molar refractivity (Wildman–Crippen MR) is 97.6 cm³/mol. The molecule has 0 saturated carbocycles. The van der Waals surface area contributed by atoms with Gasteiger partial charge in [0.05, 0.1) is 31.6 Å². The molecular formula is C20H24N2O4. The Kier molecular flexibility index (Phi) is 6.44. The van der Waals surface area contributed by atoms with Crippen LogP contribution >= 0.6 is 0 Å². The number of methoxy groups -OCH3 is 1. The molecule has 1 aromatic carbocycles. The molecule has 1 fully saturated rings. The van der Waals surface area contributed by atoms with Gasteiger partial charge in [0.15, 0.2) is 0 Å². The molecule has 138 valence electrons. The van der Waals surface area contributed by atoms with Crippen LogP contribution in [-0.2, 0) is 4.74 Å². The molecule has 1 aliphatic heterocycles. The largest absolute Gasteiger partial charge is 0.496 e. The zero-order valence-corrected chi connectivity index (χ0v) is 15.0. The lowest BCUT2D eigenvalue weighted by Crippen LogP contribution is -2.41. The number of amides is 1. The lowest BCUT2D eigenvalue weighted by atomic mass is 10.1. The topological polar surface area (TPSA) is 60.9 Å². The minimum Gasteiger partial charge on any atom is -0.496 e. The van der Waals surface area contributed by atoms with Gasteiger partial charge in [0, 0.05) is 19.3 Å². The van der Waals surface area contributed by atoms with Gasteiger partial charge in [-0.05, 0) is 37.1 Å². The molecule has 1 aliphatic rings. The van der Waals surface area contributed by atoms with E-state index < -0.39 is 0 Å². The standard InChI is InChI=1S/C20H24N2O4/c1-24-19-7-3-2-6-18(19)20(23)22-11-8-16(9-12-22)25-13-14-26-17-5-4-10-21-15-17/h2-7,10,15-16H,8-9,11-14H2,1H3. The zero-order valence-electron chi connectivity index (χ0n) is 15.0. The van der Waals surface area contributed by atoms with E-state index in [1.54, 1.807) is 25.6 Å². The van der Waals surface area contributed by atoms with Crippen molar-refractivity contribution in [3.8, 4) is 11.5 Å². The molecule has 0 radical (unpaired) electrons. The Morgan fingerprint density at radius 3 is 2.69 bits per heavy atom. The lowest BCUT2D eigenvalue weighted by Gasteiger charge is -2.32. The normalized spacial score (nSPS) is 14.9. The second-order valence-corrected chi connectivity index (χ2v) is 6.10. The Morgan fingerprint density at radius 2 is 1.96 bits per heavy atom. The van der Waals surface area contributed by atoms with Crippen LogP contribution in [0.15, 0.2) is 48.8 Å². The minimum atomic E-state index is 0.0146. The third kappa shape index (κ3) is 4.73. The second kappa shape index (κ2) is 9.20. The number of rotatable bonds is 7. The highest BCUT2D eigenvalue weighted by Crippen LogP contribution is 2.22. The monoisotopic (exact) mass is 356 g/mol. The number of pyridine rings is 1. The van der Waals surface area contributed by atoms with E-state index in [0.29, 0.717) is 37.6 Å². The van der Waals surface area contributed by atoms with Gasteiger partial charge in [0.25, 0.3) is 5.91 Å². The first-order valence-electron chi connectivity index (χ1n) is 8.84. The van der Waals surface area contributed by atoms with Crippen LogP contribution in [0.25, 0.3) is 0 Å². The van der Waals surface area contributed by atoms with Gasteiger partial charge in [-0.15, -0.1) is 0 Å². The van der Waals surface area contributed by atoms with E-state index in [2.05, 4.69) is 4.98 Å². The zero-order chi connectivity index (χ0) is 18.2. The van der Waals surface area contributed by atoms with Crippen LogP contribution in [0.3, 0.4) is 0 Å². The molecule has 0 unspecified atom stereocenters. The van der Waals surface area contributed by atoms with Crippen molar-refractivity contribution in [1.29, 1.82) is 0 Å². The summed E-state index contributed by atoms with van der Waals surface area (Å²) < 4.78 is 16.7. The third-order valence-electron chi connectivity index (χ3n) is 4.41. The van der Waals surface area contributed by atoms with Crippen molar-refractivity contribution in [1.82, 2.24) is 9.88 Å². The quantitative estimate of drug-likeness (QED) is 0.714. The van der Waals surface area contributed by atoms with Crippen molar-refractivity contribution < 1.29 is 19.0 Å². The van der Waals surface area contributed by atoms with E-state index >= 15 is 0 Å². The number of nitrogens with zero attached hydrogens (tertiary/aromatic N) is 2. The Morgan fingerprint density at radius 1 is 1.15 bits per heavy atom. The van der Waals surface area contributed by atoms with Gasteiger partial charge in [0.1, 0.15) is 18.1 Å². The van der Waals surface area contributed by atoms with Crippen LogP contribution in [0.1, 0.15) is 23.2 Å². The summed E-state index contributed by atoms with van der Waals surface area (Å²) in [6.07, 6.45) is 5.21. The van der Waals surface area contributed by atoms with Gasteiger partial charge in [-0.1, -0.05) is 12.1 Å². The number of piperidine rings is 1. The first-order chi connectivity index (χ1) is 12.8. The molecule has 1 amide bonds. The highest BCUT2D eigenvalue weighted by Gasteiger charge is 2.25. The van der Waals surface area contributed by atoms with Crippen molar-refractivity contribution in [2.24, 2.45) is 0 Å². The minimum absolute atomic E-state index is 0.0146. The summed E-state index contributed by atoms with van der Waals surface area (Å²) in [5.41, 5.74) is 0.610. The number of aromatic nitrogens is 1. The van der Waals surface area contributed by atoms with Crippen molar-refractivity contribution in [3.05, 3.63) is 54.4 Å². The van der Waals surface area contributed by atoms with Gasteiger partial charge in [-0.2, -0.15) is 0 Å². The molecule has 3 rings (SSSR count). The van der Waals surface area contributed by atoms with E-state index in [1.807, 2.05) is 35.2 Å². The molecule has 2 heterocycles. The van der Waals surface area contributed by atoms with Crippen molar-refractivity contribution >= 4 is 5.91 Å². The van der Waals surface area contributed by atoms with Crippen molar-refractivity contribution in [3.63, 3.8) is 0 Å². The molecule has 0 aliphatic carbocycles. The summed E-state index contributed by atoms with van der Waals surface area (Å²) in [6.45, 7) is 2.39. The molecule has 6 nitrogen and oxygen atoms in total. The van der Waals surface area contributed by atoms with E-state index in [4.69, 9.17) is 14.2 Å². The highest BCUT2D eigenvalue weighted by atomic mass is 16.5. The first kappa shape index (κ1) is 18.2. The van der Waals surface area contributed by atoms with Gasteiger partial charge in [0.2, 0.25) is 0 Å². The average Bonchev–Trinajstić information content (AvgIpc) is 2.72. The van der Waals surface area contributed by atoms with Crippen molar-refractivity contribution in [2.75, 3.05) is 33.4 Å². The number of para-hydroxylation sites is 1. The molecule has 2 aromatic rings. The third-order valence-corrected chi connectivity index (χ3v) is 4.41. The maximum atomic E-state index is 12.7. The maximum Gasteiger partial charge on any atom is 0.257 e. The molecule has 0 atom stereocenters. The fourth-order valence-corrected chi connectivity index (χ4v) is 3.02. The number of hydrogen-bond acceptors (Lipinski definition) is 5. The van der Waals surface area contributed by atoms with Gasteiger partial charge in [-0.3, -0.25) is 9.78 Å². The van der Waals surface area contributed by atoms with Crippen molar-refractivity contribution in [2.45, 2.75) is 18.9 Å². The second-order valence-electron chi connectivity index (χ2n) is 6.10. The van der Waals surface area contributed by atoms with Gasteiger partial charge >= 0.3 is 0 Å². The van der Waals surface area contributed by atoms with E-state index in [0.717, 1.165) is 18.6 Å². The van der Waals surface area contributed by atoms with Gasteiger partial charge < -0.3 is 19.1 Å². The van der Waals surface area contributed by atoms with Crippen LogP contribution in [0.2, 0.25) is 0 Å². The van der Waals surface area contributed by atoms with E-state index in [1.165, 1.54) is 0 Å².